The molecule has 1 aliphatic carbocycles. The van der Waals surface area contributed by atoms with Gasteiger partial charge < -0.3 is 0 Å². The van der Waals surface area contributed by atoms with Crippen LogP contribution in [0.5, 0.6) is 0 Å². The number of pyridine rings is 2. The third-order valence-corrected chi connectivity index (χ3v) is 5.17. The molecule has 0 atom stereocenters. The minimum Gasteiger partial charge on any atom is -0.254 e. The van der Waals surface area contributed by atoms with Crippen LogP contribution in [0.1, 0.15) is 36.9 Å². The van der Waals surface area contributed by atoms with Crippen molar-refractivity contribution in [3.8, 4) is 10.4 Å². The lowest BCUT2D eigenvalue weighted by molar-refractivity contribution is 0.611. The number of aromatic nitrogens is 2. The monoisotopic (exact) mass is 294 g/mol. The van der Waals surface area contributed by atoms with Crippen molar-refractivity contribution in [2.24, 2.45) is 0 Å². The second-order valence-electron chi connectivity index (χ2n) is 5.67. The minimum atomic E-state index is 1.04. The fourth-order valence-electron chi connectivity index (χ4n) is 3.29. The molecule has 3 heteroatoms. The molecule has 0 spiro atoms. The average molecular weight is 294 g/mol. The molecule has 0 amide bonds. The zero-order valence-electron chi connectivity index (χ0n) is 12.0. The molecule has 0 unspecified atom stereocenters. The van der Waals surface area contributed by atoms with E-state index in [-0.39, 0.29) is 0 Å². The summed E-state index contributed by atoms with van der Waals surface area (Å²) in [6, 6.07) is 8.43. The Bertz CT molecular complexity index is 762. The highest BCUT2D eigenvalue weighted by Crippen LogP contribution is 2.36. The molecule has 3 heterocycles. The maximum absolute atomic E-state index is 4.93. The largest absolute Gasteiger partial charge is 0.254 e. The lowest BCUT2D eigenvalue weighted by Gasteiger charge is -2.18. The molecule has 0 aliphatic heterocycles. The van der Waals surface area contributed by atoms with E-state index in [4.69, 9.17) is 4.98 Å². The van der Waals surface area contributed by atoms with Gasteiger partial charge in [0.15, 0.2) is 0 Å². The van der Waals surface area contributed by atoms with Gasteiger partial charge in [0.05, 0.1) is 11.0 Å². The van der Waals surface area contributed by atoms with Gasteiger partial charge in [0, 0.05) is 22.3 Å². The van der Waals surface area contributed by atoms with E-state index in [2.05, 4.69) is 28.6 Å². The van der Waals surface area contributed by atoms with Crippen LogP contribution in [0.4, 0.5) is 0 Å². The third-order valence-electron chi connectivity index (χ3n) is 4.29. The van der Waals surface area contributed by atoms with Gasteiger partial charge in [0.2, 0.25) is 0 Å². The van der Waals surface area contributed by atoms with E-state index in [1.165, 1.54) is 47.4 Å². The predicted octanol–water partition coefficient (Wildman–Crippen LogP) is 5.02. The first-order valence-corrected chi connectivity index (χ1v) is 8.62. The molecule has 4 rings (SSSR count). The van der Waals surface area contributed by atoms with Gasteiger partial charge in [-0.15, -0.1) is 11.3 Å². The van der Waals surface area contributed by atoms with Gasteiger partial charge in [0.25, 0.3) is 0 Å². The van der Waals surface area contributed by atoms with E-state index in [1.807, 2.05) is 23.6 Å². The molecule has 0 fully saturated rings. The summed E-state index contributed by atoms with van der Waals surface area (Å²) in [5.41, 5.74) is 6.20. The molecule has 1 aliphatic rings. The highest BCUT2D eigenvalue weighted by Gasteiger charge is 2.18. The Balaban J connectivity index is 2.04. The van der Waals surface area contributed by atoms with Gasteiger partial charge in [-0.25, -0.2) is 0 Å². The van der Waals surface area contributed by atoms with Crippen molar-refractivity contribution < 1.29 is 0 Å². The van der Waals surface area contributed by atoms with Crippen LogP contribution in [-0.2, 0) is 12.8 Å². The van der Waals surface area contributed by atoms with Crippen molar-refractivity contribution in [1.29, 1.82) is 0 Å². The van der Waals surface area contributed by atoms with Crippen LogP contribution in [-0.4, -0.2) is 9.97 Å². The molecule has 3 aromatic heterocycles. The van der Waals surface area contributed by atoms with E-state index in [9.17, 15) is 0 Å². The first-order chi connectivity index (χ1) is 10.4. The van der Waals surface area contributed by atoms with Crippen molar-refractivity contribution in [2.75, 3.05) is 0 Å². The molecular weight excluding hydrogens is 276 g/mol. The lowest BCUT2D eigenvalue weighted by Crippen LogP contribution is -2.06. The number of hydrogen-bond acceptors (Lipinski definition) is 3. The Morgan fingerprint density at radius 1 is 0.952 bits per heavy atom. The molecule has 2 nitrogen and oxygen atoms in total. The zero-order valence-corrected chi connectivity index (χ0v) is 12.8. The Hall–Kier alpha value is -1.74. The second kappa shape index (κ2) is 5.57. The highest BCUT2D eigenvalue weighted by molar-refractivity contribution is 7.13. The van der Waals surface area contributed by atoms with Crippen molar-refractivity contribution in [1.82, 2.24) is 9.97 Å². The van der Waals surface area contributed by atoms with E-state index in [1.54, 1.807) is 0 Å². The number of fused-ring (bicyclic) bond motifs is 2. The molecule has 3 aromatic rings. The average Bonchev–Trinajstić information content (AvgIpc) is 3.00. The van der Waals surface area contributed by atoms with Gasteiger partial charge in [-0.2, -0.15) is 0 Å². The third kappa shape index (κ3) is 2.36. The van der Waals surface area contributed by atoms with Crippen molar-refractivity contribution in [2.45, 2.75) is 38.5 Å². The van der Waals surface area contributed by atoms with Crippen LogP contribution in [0.25, 0.3) is 21.5 Å². The van der Waals surface area contributed by atoms with Crippen LogP contribution >= 0.6 is 11.3 Å². The Labute approximate surface area is 128 Å². The summed E-state index contributed by atoms with van der Waals surface area (Å²) in [6.07, 6.45) is 9.34. The van der Waals surface area contributed by atoms with E-state index < -0.39 is 0 Å². The summed E-state index contributed by atoms with van der Waals surface area (Å²) in [4.78, 5) is 10.9. The molecule has 0 saturated carbocycles. The van der Waals surface area contributed by atoms with E-state index in [0.717, 1.165) is 23.9 Å². The first kappa shape index (κ1) is 13.0. The Morgan fingerprint density at radius 2 is 1.86 bits per heavy atom. The van der Waals surface area contributed by atoms with Crippen molar-refractivity contribution >= 4 is 22.4 Å². The number of nitrogens with zero attached hydrogens (tertiary/aromatic N) is 2. The van der Waals surface area contributed by atoms with Gasteiger partial charge in [-0.3, -0.25) is 9.97 Å². The summed E-state index contributed by atoms with van der Waals surface area (Å²) in [6.45, 7) is 0. The zero-order chi connectivity index (χ0) is 14.1. The molecule has 0 bridgehead atoms. The number of rotatable bonds is 1. The van der Waals surface area contributed by atoms with Crippen LogP contribution in [0, 0.1) is 0 Å². The molecule has 21 heavy (non-hydrogen) atoms. The van der Waals surface area contributed by atoms with E-state index >= 15 is 0 Å². The Kier molecular flexibility index (Phi) is 3.44. The fourth-order valence-corrected chi connectivity index (χ4v) is 4.09. The van der Waals surface area contributed by atoms with E-state index in [0.29, 0.717) is 0 Å². The van der Waals surface area contributed by atoms with Gasteiger partial charge >= 0.3 is 0 Å². The standard InChI is InChI=1S/C18H18N2S/c1-2-4-8-14-13(7-3-1)17(16-10-6-12-21-16)18-15(20-14)9-5-11-19-18/h5-6,9-12H,1-4,7-8H2. The molecule has 0 aromatic carbocycles. The first-order valence-electron chi connectivity index (χ1n) is 7.74. The highest BCUT2D eigenvalue weighted by atomic mass is 32.1. The van der Waals surface area contributed by atoms with Crippen molar-refractivity contribution in [3.05, 3.63) is 47.1 Å². The maximum atomic E-state index is 4.93. The number of thiophene rings is 1. The van der Waals surface area contributed by atoms with Crippen LogP contribution < -0.4 is 0 Å². The smallest absolute Gasteiger partial charge is 0.0976 e. The summed E-state index contributed by atoms with van der Waals surface area (Å²) in [5, 5.41) is 2.15. The minimum absolute atomic E-state index is 1.04. The summed E-state index contributed by atoms with van der Waals surface area (Å²) in [5.74, 6) is 0. The van der Waals surface area contributed by atoms with Crippen LogP contribution in [0.15, 0.2) is 35.8 Å². The molecule has 0 N–H and O–H groups in total. The van der Waals surface area contributed by atoms with Gasteiger partial charge in [0.1, 0.15) is 0 Å². The summed E-state index contributed by atoms with van der Waals surface area (Å²) >= 11 is 1.81. The molecule has 0 saturated heterocycles. The maximum Gasteiger partial charge on any atom is 0.0976 e. The van der Waals surface area contributed by atoms with Crippen LogP contribution in [0.3, 0.4) is 0 Å². The molecule has 0 radical (unpaired) electrons. The number of hydrogen-bond donors (Lipinski definition) is 0. The molecule has 106 valence electrons. The van der Waals surface area contributed by atoms with Crippen molar-refractivity contribution in [3.63, 3.8) is 0 Å². The fraction of sp³-hybridized carbons (Fsp3) is 0.333. The van der Waals surface area contributed by atoms with Crippen LogP contribution in [0.2, 0.25) is 0 Å². The topological polar surface area (TPSA) is 25.8 Å². The lowest BCUT2D eigenvalue weighted by atomic mass is 9.92. The quantitative estimate of drug-likeness (QED) is 0.630. The van der Waals surface area contributed by atoms with Gasteiger partial charge in [-0.05, 0) is 54.8 Å². The summed E-state index contributed by atoms with van der Waals surface area (Å²) in [7, 11) is 0. The summed E-state index contributed by atoms with van der Waals surface area (Å²) < 4.78 is 0. The number of aryl methyl sites for hydroxylation is 1. The normalized spacial score (nSPS) is 15.4. The molecular formula is C18H18N2S. The van der Waals surface area contributed by atoms with Gasteiger partial charge in [-0.1, -0.05) is 18.9 Å². The SMILES string of the molecule is c1csc(-c2c3c(nc4cccnc24)CCCCCC3)c1. The second-order valence-corrected chi connectivity index (χ2v) is 6.62. The predicted molar refractivity (Wildman–Crippen MR) is 88.7 cm³/mol. The Morgan fingerprint density at radius 3 is 2.71 bits per heavy atom.